The molecule has 1 unspecified atom stereocenters. The summed E-state index contributed by atoms with van der Waals surface area (Å²) in [5.41, 5.74) is 0. The summed E-state index contributed by atoms with van der Waals surface area (Å²) in [6, 6.07) is 6.69. The van der Waals surface area contributed by atoms with Gasteiger partial charge in [-0.2, -0.15) is 5.06 Å². The molecule has 0 N–H and O–H groups in total. The van der Waals surface area contributed by atoms with Gasteiger partial charge < -0.3 is 9.57 Å². The van der Waals surface area contributed by atoms with Gasteiger partial charge in [-0.15, -0.1) is 22.7 Å². The van der Waals surface area contributed by atoms with Crippen molar-refractivity contribution < 1.29 is 24.0 Å². The van der Waals surface area contributed by atoms with Crippen LogP contribution < -0.4 is 0 Å². The number of hydrogen-bond donors (Lipinski definition) is 0. The second-order valence-electron chi connectivity index (χ2n) is 4.46. The van der Waals surface area contributed by atoms with E-state index in [2.05, 4.69) is 0 Å². The van der Waals surface area contributed by atoms with Crippen LogP contribution in [0.25, 0.3) is 0 Å². The average molecular weight is 337 g/mol. The maximum absolute atomic E-state index is 12.1. The summed E-state index contributed by atoms with van der Waals surface area (Å²) >= 11 is 2.47. The molecule has 0 spiro atoms. The maximum atomic E-state index is 12.1. The van der Waals surface area contributed by atoms with Gasteiger partial charge >= 0.3 is 11.9 Å². The molecule has 1 aliphatic heterocycles. The molecular formula is C14H11NO5S2. The number of carbonyl (C=O) groups excluding carboxylic acids is 3. The van der Waals surface area contributed by atoms with Crippen LogP contribution in [0.3, 0.4) is 0 Å². The van der Waals surface area contributed by atoms with Gasteiger partial charge in [0, 0.05) is 6.42 Å². The highest BCUT2D eigenvalue weighted by Crippen LogP contribution is 2.20. The molecule has 1 fully saturated rings. The fraction of sp³-hybridized carbons (Fsp3) is 0.214. The monoisotopic (exact) mass is 337 g/mol. The van der Waals surface area contributed by atoms with Crippen molar-refractivity contribution in [3.63, 3.8) is 0 Å². The van der Waals surface area contributed by atoms with Gasteiger partial charge in [-0.05, 0) is 22.9 Å². The van der Waals surface area contributed by atoms with Gasteiger partial charge in [-0.1, -0.05) is 12.1 Å². The van der Waals surface area contributed by atoms with Crippen molar-refractivity contribution in [2.75, 3.05) is 6.54 Å². The first-order valence-corrected chi connectivity index (χ1v) is 8.23. The zero-order chi connectivity index (χ0) is 15.5. The van der Waals surface area contributed by atoms with E-state index in [4.69, 9.17) is 9.57 Å². The number of hydroxylamine groups is 2. The number of carbonyl (C=O) groups is 3. The van der Waals surface area contributed by atoms with Gasteiger partial charge in [-0.25, -0.2) is 9.59 Å². The summed E-state index contributed by atoms with van der Waals surface area (Å²) in [6.07, 6.45) is -0.612. The fourth-order valence-corrected chi connectivity index (χ4v) is 3.15. The summed E-state index contributed by atoms with van der Waals surface area (Å²) in [4.78, 5) is 41.6. The van der Waals surface area contributed by atoms with Crippen molar-refractivity contribution in [2.24, 2.45) is 0 Å². The van der Waals surface area contributed by atoms with Crippen LogP contribution in [0.2, 0.25) is 0 Å². The zero-order valence-corrected chi connectivity index (χ0v) is 12.9. The van der Waals surface area contributed by atoms with Crippen LogP contribution in [0, 0.1) is 0 Å². The maximum Gasteiger partial charge on any atom is 0.373 e. The highest BCUT2D eigenvalue weighted by atomic mass is 32.1. The molecule has 6 nitrogen and oxygen atoms in total. The lowest BCUT2D eigenvalue weighted by Gasteiger charge is -2.15. The first-order chi connectivity index (χ1) is 10.6. The van der Waals surface area contributed by atoms with Gasteiger partial charge in [0.2, 0.25) is 0 Å². The Kier molecular flexibility index (Phi) is 4.21. The average Bonchev–Trinajstić information content (AvgIpc) is 3.24. The Balaban J connectivity index is 1.58. The Morgan fingerprint density at radius 3 is 2.32 bits per heavy atom. The van der Waals surface area contributed by atoms with E-state index in [0.717, 1.165) is 5.06 Å². The number of thiophene rings is 2. The number of esters is 1. The lowest BCUT2D eigenvalue weighted by molar-refractivity contribution is -0.164. The third-order valence-corrected chi connectivity index (χ3v) is 4.70. The Hall–Kier alpha value is -2.19. The van der Waals surface area contributed by atoms with Gasteiger partial charge in [0.15, 0.2) is 6.10 Å². The first-order valence-electron chi connectivity index (χ1n) is 6.47. The molecule has 2 aromatic rings. The predicted molar refractivity (Wildman–Crippen MR) is 79.6 cm³/mol. The van der Waals surface area contributed by atoms with E-state index in [9.17, 15) is 14.4 Å². The van der Waals surface area contributed by atoms with Gasteiger partial charge in [0.25, 0.3) is 5.91 Å². The van der Waals surface area contributed by atoms with E-state index in [-0.39, 0.29) is 6.54 Å². The van der Waals surface area contributed by atoms with Crippen LogP contribution in [0.15, 0.2) is 35.0 Å². The van der Waals surface area contributed by atoms with Gasteiger partial charge in [-0.3, -0.25) is 4.79 Å². The first kappa shape index (κ1) is 14.7. The molecule has 0 aliphatic carbocycles. The summed E-state index contributed by atoms with van der Waals surface area (Å²) in [6.45, 7) is 0.207. The Morgan fingerprint density at radius 2 is 1.73 bits per heavy atom. The molecule has 1 aliphatic rings. The van der Waals surface area contributed by atoms with Crippen molar-refractivity contribution in [2.45, 2.75) is 12.5 Å². The largest absolute Gasteiger partial charge is 0.448 e. The summed E-state index contributed by atoms with van der Waals surface area (Å²) in [7, 11) is 0. The highest BCUT2D eigenvalue weighted by Gasteiger charge is 2.37. The molecule has 1 saturated heterocycles. The van der Waals surface area contributed by atoms with E-state index < -0.39 is 23.9 Å². The van der Waals surface area contributed by atoms with Crippen LogP contribution >= 0.6 is 22.7 Å². The number of rotatable bonds is 4. The second-order valence-corrected chi connectivity index (χ2v) is 6.35. The van der Waals surface area contributed by atoms with Crippen LogP contribution in [-0.2, 0) is 14.4 Å². The molecular weight excluding hydrogens is 326 g/mol. The molecule has 1 amide bonds. The molecule has 1 atom stereocenters. The summed E-state index contributed by atoms with van der Waals surface area (Å²) in [5.74, 6) is -1.65. The number of amides is 1. The Bertz CT molecular complexity index is 622. The fourth-order valence-electron chi connectivity index (χ4n) is 1.95. The molecule has 0 radical (unpaired) electrons. The van der Waals surface area contributed by atoms with Crippen molar-refractivity contribution in [3.05, 3.63) is 44.8 Å². The lowest BCUT2D eigenvalue weighted by Crippen LogP contribution is -2.33. The minimum Gasteiger partial charge on any atom is -0.448 e. The molecule has 114 valence electrons. The normalized spacial score (nSPS) is 17.5. The lowest BCUT2D eigenvalue weighted by atomic mass is 10.3. The van der Waals surface area contributed by atoms with Crippen LogP contribution in [0.1, 0.15) is 25.8 Å². The molecule has 0 aromatic carbocycles. The zero-order valence-electron chi connectivity index (χ0n) is 11.3. The van der Waals surface area contributed by atoms with E-state index >= 15 is 0 Å². The molecule has 3 heterocycles. The molecule has 3 rings (SSSR count). The molecule has 0 bridgehead atoms. The van der Waals surface area contributed by atoms with E-state index in [0.29, 0.717) is 16.2 Å². The highest BCUT2D eigenvalue weighted by molar-refractivity contribution is 7.12. The van der Waals surface area contributed by atoms with Crippen molar-refractivity contribution in [3.8, 4) is 0 Å². The van der Waals surface area contributed by atoms with Gasteiger partial charge in [0.1, 0.15) is 9.75 Å². The molecule has 2 aromatic heterocycles. The second kappa shape index (κ2) is 6.29. The van der Waals surface area contributed by atoms with Gasteiger partial charge in [0.05, 0.1) is 6.54 Å². The minimum atomic E-state index is -0.911. The standard InChI is InChI=1S/C14H11NO5S2/c16-12-9(19-13(17)10-3-1-7-21-10)5-6-15(12)20-14(18)11-4-2-8-22-11/h1-4,7-9H,5-6H2. The third kappa shape index (κ3) is 3.02. The molecule has 0 saturated carbocycles. The summed E-state index contributed by atoms with van der Waals surface area (Å²) < 4.78 is 5.16. The molecule has 8 heteroatoms. The van der Waals surface area contributed by atoms with Crippen LogP contribution in [0.5, 0.6) is 0 Å². The van der Waals surface area contributed by atoms with Crippen LogP contribution in [0.4, 0.5) is 0 Å². The minimum absolute atomic E-state index is 0.207. The number of ether oxygens (including phenoxy) is 1. The van der Waals surface area contributed by atoms with E-state index in [1.54, 1.807) is 35.0 Å². The van der Waals surface area contributed by atoms with Crippen molar-refractivity contribution >= 4 is 40.5 Å². The SMILES string of the molecule is O=C(OC1CCN(OC(=O)c2cccs2)C1=O)c1cccs1. The van der Waals surface area contributed by atoms with E-state index in [1.165, 1.54) is 22.7 Å². The molecule has 22 heavy (non-hydrogen) atoms. The quantitative estimate of drug-likeness (QED) is 0.801. The topological polar surface area (TPSA) is 72.9 Å². The van der Waals surface area contributed by atoms with Crippen LogP contribution in [-0.4, -0.2) is 35.6 Å². The predicted octanol–water partition coefficient (Wildman–Crippen LogP) is 2.34. The smallest absolute Gasteiger partial charge is 0.373 e. The number of hydrogen-bond acceptors (Lipinski definition) is 7. The third-order valence-electron chi connectivity index (χ3n) is 3.00. The number of nitrogens with zero attached hydrogens (tertiary/aromatic N) is 1. The van der Waals surface area contributed by atoms with E-state index in [1.807, 2.05) is 0 Å². The summed E-state index contributed by atoms with van der Waals surface area (Å²) in [5, 5.41) is 4.45. The Morgan fingerprint density at radius 1 is 1.09 bits per heavy atom. The Labute approximate surface area is 133 Å². The van der Waals surface area contributed by atoms with Crippen molar-refractivity contribution in [1.29, 1.82) is 0 Å². The van der Waals surface area contributed by atoms with Crippen molar-refractivity contribution in [1.82, 2.24) is 5.06 Å².